The van der Waals surface area contributed by atoms with Gasteiger partial charge in [-0.1, -0.05) is 50.3 Å². The summed E-state index contributed by atoms with van der Waals surface area (Å²) in [6.45, 7) is 6.00. The second kappa shape index (κ2) is 17.4. The molecule has 6 N–H and O–H groups in total. The fraction of sp³-hybridized carbons (Fsp3) is 0.517. The van der Waals surface area contributed by atoms with Crippen LogP contribution >= 0.6 is 0 Å². The first-order valence-corrected chi connectivity index (χ1v) is 14.0. The first kappa shape index (κ1) is 33.8. The molecule has 1 aliphatic rings. The van der Waals surface area contributed by atoms with E-state index in [1.54, 1.807) is 31.2 Å². The first-order valence-electron chi connectivity index (χ1n) is 14.0. The first-order chi connectivity index (χ1) is 20.0. The molecule has 13 heteroatoms. The lowest BCUT2D eigenvalue weighted by Crippen LogP contribution is -2.56. The molecule has 2 rings (SSSR count). The Balaban J connectivity index is 2.13. The fourth-order valence-electron chi connectivity index (χ4n) is 4.32. The molecule has 0 saturated carbocycles. The van der Waals surface area contributed by atoms with Gasteiger partial charge in [-0.05, 0) is 37.7 Å². The molecule has 5 amide bonds. The van der Waals surface area contributed by atoms with E-state index in [1.807, 2.05) is 19.9 Å². The van der Waals surface area contributed by atoms with Gasteiger partial charge in [0, 0.05) is 24.6 Å². The normalized spacial score (nSPS) is 16.7. The molecule has 1 fully saturated rings. The van der Waals surface area contributed by atoms with Crippen molar-refractivity contribution in [2.24, 2.45) is 17.6 Å². The lowest BCUT2D eigenvalue weighted by atomic mass is 9.97. The SMILES string of the molecule is CCOC(=O)C=C[C@H](C[C@@H]1CCNC1=O)NC(=O)[C@H](CC(C)C)NC(=O)[C@H](CC(N)=O)NC(=O)OCc1ccccc1. The van der Waals surface area contributed by atoms with E-state index in [1.165, 1.54) is 12.2 Å². The largest absolute Gasteiger partial charge is 0.463 e. The van der Waals surface area contributed by atoms with Crippen molar-refractivity contribution in [3.8, 4) is 0 Å². The maximum Gasteiger partial charge on any atom is 0.408 e. The van der Waals surface area contributed by atoms with Gasteiger partial charge in [-0.15, -0.1) is 0 Å². The Labute approximate surface area is 245 Å². The second-order valence-corrected chi connectivity index (χ2v) is 10.4. The fourth-order valence-corrected chi connectivity index (χ4v) is 4.32. The summed E-state index contributed by atoms with van der Waals surface area (Å²) in [5.74, 6) is -3.37. The topological polar surface area (TPSA) is 195 Å². The number of hydrogen-bond donors (Lipinski definition) is 5. The van der Waals surface area contributed by atoms with Gasteiger partial charge in [-0.25, -0.2) is 9.59 Å². The standard InChI is InChI=1S/C29H41N5O8/c1-4-41-25(36)11-10-21(15-20-12-13-31-26(20)37)32-27(38)22(14-18(2)3)33-28(39)23(16-24(30)35)34-29(40)42-17-19-8-6-5-7-9-19/h5-11,18,20-23H,4,12-17H2,1-3H3,(H2,30,35)(H,31,37)(H,32,38)(H,33,39)(H,34,40)/t20-,21+,22-,23-/m0/s1. The number of hydrogen-bond acceptors (Lipinski definition) is 8. The van der Waals surface area contributed by atoms with Crippen LogP contribution < -0.4 is 27.0 Å². The van der Waals surface area contributed by atoms with E-state index >= 15 is 0 Å². The highest BCUT2D eigenvalue weighted by Gasteiger charge is 2.31. The minimum atomic E-state index is -1.39. The molecular weight excluding hydrogens is 546 g/mol. The number of nitrogens with one attached hydrogen (secondary N) is 4. The van der Waals surface area contributed by atoms with Gasteiger partial charge < -0.3 is 36.5 Å². The molecule has 0 radical (unpaired) electrons. The van der Waals surface area contributed by atoms with Gasteiger partial charge in [-0.3, -0.25) is 19.2 Å². The average molecular weight is 588 g/mol. The summed E-state index contributed by atoms with van der Waals surface area (Å²) < 4.78 is 10.1. The molecule has 0 bridgehead atoms. The number of primary amides is 1. The van der Waals surface area contributed by atoms with Crippen LogP contribution in [0.2, 0.25) is 0 Å². The zero-order chi connectivity index (χ0) is 31.1. The van der Waals surface area contributed by atoms with Crippen LogP contribution in [0, 0.1) is 11.8 Å². The van der Waals surface area contributed by atoms with Crippen molar-refractivity contribution < 1.29 is 38.2 Å². The Morgan fingerprint density at radius 1 is 1.02 bits per heavy atom. The molecule has 1 aliphatic heterocycles. The third-order valence-electron chi connectivity index (χ3n) is 6.35. The zero-order valence-corrected chi connectivity index (χ0v) is 24.2. The maximum absolute atomic E-state index is 13.4. The Hall–Kier alpha value is -4.42. The predicted molar refractivity (Wildman–Crippen MR) is 152 cm³/mol. The number of nitrogens with two attached hydrogens (primary N) is 1. The minimum Gasteiger partial charge on any atom is -0.463 e. The van der Waals surface area contributed by atoms with Crippen LogP contribution in [0.25, 0.3) is 0 Å². The number of benzene rings is 1. The third kappa shape index (κ3) is 12.4. The Morgan fingerprint density at radius 2 is 1.71 bits per heavy atom. The van der Waals surface area contributed by atoms with Crippen LogP contribution in [-0.4, -0.2) is 67.0 Å². The molecule has 42 heavy (non-hydrogen) atoms. The van der Waals surface area contributed by atoms with Crippen LogP contribution in [0.4, 0.5) is 4.79 Å². The summed E-state index contributed by atoms with van der Waals surface area (Å²) >= 11 is 0. The molecule has 1 aromatic rings. The van der Waals surface area contributed by atoms with Crippen molar-refractivity contribution in [2.45, 2.75) is 71.2 Å². The van der Waals surface area contributed by atoms with Gasteiger partial charge in [0.15, 0.2) is 0 Å². The van der Waals surface area contributed by atoms with Crippen LogP contribution in [0.5, 0.6) is 0 Å². The van der Waals surface area contributed by atoms with Crippen molar-refractivity contribution >= 4 is 35.7 Å². The molecule has 0 aliphatic carbocycles. The second-order valence-electron chi connectivity index (χ2n) is 10.4. The number of alkyl carbamates (subject to hydrolysis) is 1. The Morgan fingerprint density at radius 3 is 2.31 bits per heavy atom. The molecule has 13 nitrogen and oxygen atoms in total. The molecule has 1 aromatic carbocycles. The monoisotopic (exact) mass is 587 g/mol. The summed E-state index contributed by atoms with van der Waals surface area (Å²) in [4.78, 5) is 74.7. The highest BCUT2D eigenvalue weighted by Crippen LogP contribution is 2.17. The van der Waals surface area contributed by atoms with Gasteiger partial charge in [0.2, 0.25) is 23.6 Å². The van der Waals surface area contributed by atoms with Gasteiger partial charge in [0.1, 0.15) is 18.7 Å². The number of carbonyl (C=O) groups excluding carboxylic acids is 6. The third-order valence-corrected chi connectivity index (χ3v) is 6.35. The van der Waals surface area contributed by atoms with Crippen molar-refractivity contribution in [3.05, 3.63) is 48.0 Å². The molecule has 0 spiro atoms. The Kier molecular flexibility index (Phi) is 14.0. The van der Waals surface area contributed by atoms with E-state index in [2.05, 4.69) is 21.3 Å². The number of carbonyl (C=O) groups is 6. The van der Waals surface area contributed by atoms with E-state index in [0.717, 1.165) is 5.56 Å². The van der Waals surface area contributed by atoms with Gasteiger partial charge >= 0.3 is 12.1 Å². The molecular formula is C29H41N5O8. The van der Waals surface area contributed by atoms with E-state index in [9.17, 15) is 28.8 Å². The van der Waals surface area contributed by atoms with E-state index < -0.39 is 54.3 Å². The summed E-state index contributed by atoms with van der Waals surface area (Å²) in [6.07, 6.45) is 2.20. The summed E-state index contributed by atoms with van der Waals surface area (Å²) in [7, 11) is 0. The number of ether oxygens (including phenoxy) is 2. The maximum atomic E-state index is 13.4. The Bertz CT molecular complexity index is 1120. The number of esters is 1. The van der Waals surface area contributed by atoms with Gasteiger partial charge in [0.25, 0.3) is 0 Å². The highest BCUT2D eigenvalue weighted by atomic mass is 16.5. The predicted octanol–water partition coefficient (Wildman–Crippen LogP) is 0.818. The van der Waals surface area contributed by atoms with Crippen LogP contribution in [0.15, 0.2) is 42.5 Å². The van der Waals surface area contributed by atoms with E-state index in [-0.39, 0.29) is 43.8 Å². The number of amides is 5. The minimum absolute atomic E-state index is 0.0337. The van der Waals surface area contributed by atoms with Gasteiger partial charge in [-0.2, -0.15) is 0 Å². The molecule has 4 atom stereocenters. The molecule has 1 saturated heterocycles. The highest BCUT2D eigenvalue weighted by molar-refractivity contribution is 5.94. The van der Waals surface area contributed by atoms with Crippen LogP contribution in [-0.2, 0) is 40.1 Å². The zero-order valence-electron chi connectivity index (χ0n) is 24.2. The molecule has 1 heterocycles. The van der Waals surface area contributed by atoms with Crippen LogP contribution in [0.3, 0.4) is 0 Å². The average Bonchev–Trinajstić information content (AvgIpc) is 3.33. The quantitative estimate of drug-likeness (QED) is 0.138. The molecule has 0 unspecified atom stereocenters. The smallest absolute Gasteiger partial charge is 0.408 e. The summed E-state index contributed by atoms with van der Waals surface area (Å²) in [6, 6.07) is 5.70. The van der Waals surface area contributed by atoms with E-state index in [0.29, 0.717) is 13.0 Å². The van der Waals surface area contributed by atoms with Crippen molar-refractivity contribution in [2.75, 3.05) is 13.2 Å². The molecule has 230 valence electrons. The van der Waals surface area contributed by atoms with Crippen molar-refractivity contribution in [1.82, 2.24) is 21.3 Å². The molecule has 0 aromatic heterocycles. The lowest BCUT2D eigenvalue weighted by Gasteiger charge is -2.26. The summed E-state index contributed by atoms with van der Waals surface area (Å²) in [5.41, 5.74) is 6.03. The number of rotatable bonds is 16. The lowest BCUT2D eigenvalue weighted by molar-refractivity contribution is -0.137. The van der Waals surface area contributed by atoms with Crippen molar-refractivity contribution in [1.29, 1.82) is 0 Å². The summed E-state index contributed by atoms with van der Waals surface area (Å²) in [5, 5.41) is 10.5. The van der Waals surface area contributed by atoms with Crippen molar-refractivity contribution in [3.63, 3.8) is 0 Å². The van der Waals surface area contributed by atoms with Crippen LogP contribution in [0.1, 0.15) is 52.0 Å². The van der Waals surface area contributed by atoms with E-state index in [4.69, 9.17) is 15.2 Å². The van der Waals surface area contributed by atoms with Gasteiger partial charge in [0.05, 0.1) is 13.0 Å².